The van der Waals surface area contributed by atoms with E-state index in [-0.39, 0.29) is 0 Å². The summed E-state index contributed by atoms with van der Waals surface area (Å²) in [5, 5.41) is 3.37. The van der Waals surface area contributed by atoms with E-state index in [1.165, 1.54) is 18.4 Å². The summed E-state index contributed by atoms with van der Waals surface area (Å²) in [6, 6.07) is 9.10. The van der Waals surface area contributed by atoms with Crippen molar-refractivity contribution < 1.29 is 0 Å². The summed E-state index contributed by atoms with van der Waals surface area (Å²) in [6.45, 7) is 6.52. The molecule has 25 heavy (non-hydrogen) atoms. The molecule has 0 saturated carbocycles. The number of hydrogen-bond acceptors (Lipinski definition) is 6. The second-order valence-corrected chi connectivity index (χ2v) is 6.80. The molecule has 3 aromatic rings. The Balaban J connectivity index is 1.76. The van der Waals surface area contributed by atoms with Crippen LogP contribution in [0.5, 0.6) is 0 Å². The van der Waals surface area contributed by atoms with Crippen LogP contribution in [-0.2, 0) is 0 Å². The van der Waals surface area contributed by atoms with Gasteiger partial charge in [-0.3, -0.25) is 0 Å². The first-order valence-electron chi connectivity index (χ1n) is 8.71. The van der Waals surface area contributed by atoms with E-state index in [1.54, 1.807) is 12.5 Å². The molecule has 0 aliphatic carbocycles. The number of aromatic nitrogens is 4. The average molecular weight is 334 g/mol. The van der Waals surface area contributed by atoms with Crippen LogP contribution >= 0.6 is 0 Å². The molecule has 1 aliphatic rings. The third-order valence-corrected chi connectivity index (χ3v) is 4.83. The maximum atomic E-state index is 4.80. The lowest BCUT2D eigenvalue weighted by Gasteiger charge is -2.26. The molecule has 6 heteroatoms. The molecule has 2 atom stereocenters. The first-order chi connectivity index (χ1) is 12.1. The third kappa shape index (κ3) is 2.99. The molecule has 1 aliphatic heterocycles. The van der Waals surface area contributed by atoms with E-state index >= 15 is 0 Å². The molecule has 128 valence electrons. The summed E-state index contributed by atoms with van der Waals surface area (Å²) in [5.41, 5.74) is 3.68. The second-order valence-electron chi connectivity index (χ2n) is 6.80. The van der Waals surface area contributed by atoms with E-state index in [0.717, 1.165) is 22.7 Å². The first kappa shape index (κ1) is 15.7. The molecule has 0 spiro atoms. The number of rotatable bonds is 3. The smallest absolute Gasteiger partial charge is 0.226 e. The van der Waals surface area contributed by atoms with Gasteiger partial charge in [-0.2, -0.15) is 0 Å². The second kappa shape index (κ2) is 6.27. The van der Waals surface area contributed by atoms with Gasteiger partial charge in [0.1, 0.15) is 17.4 Å². The van der Waals surface area contributed by atoms with E-state index in [2.05, 4.69) is 58.1 Å². The Labute approximate surface area is 147 Å². The van der Waals surface area contributed by atoms with E-state index in [9.17, 15) is 0 Å². The highest BCUT2D eigenvalue weighted by atomic mass is 15.3. The number of benzene rings is 1. The number of aryl methyl sites for hydroxylation is 1. The van der Waals surface area contributed by atoms with Crippen LogP contribution in [0.15, 0.2) is 36.8 Å². The molecular weight excluding hydrogens is 312 g/mol. The molecule has 0 amide bonds. The van der Waals surface area contributed by atoms with Gasteiger partial charge in [-0.25, -0.2) is 19.9 Å². The zero-order chi connectivity index (χ0) is 17.4. The van der Waals surface area contributed by atoms with Crippen molar-refractivity contribution in [1.82, 2.24) is 19.9 Å². The number of fused-ring (bicyclic) bond motifs is 1. The lowest BCUT2D eigenvalue weighted by atomic mass is 10.2. The predicted molar refractivity (Wildman–Crippen MR) is 100 cm³/mol. The summed E-state index contributed by atoms with van der Waals surface area (Å²) in [5.74, 6) is 1.46. The van der Waals surface area contributed by atoms with Crippen molar-refractivity contribution in [1.29, 1.82) is 0 Å². The summed E-state index contributed by atoms with van der Waals surface area (Å²) in [7, 11) is 0. The van der Waals surface area contributed by atoms with Gasteiger partial charge in [0, 0.05) is 17.8 Å². The van der Waals surface area contributed by atoms with Crippen LogP contribution in [-0.4, -0.2) is 32.0 Å². The van der Waals surface area contributed by atoms with E-state index in [0.29, 0.717) is 17.9 Å². The normalized spacial score (nSPS) is 20.2. The monoisotopic (exact) mass is 334 g/mol. The van der Waals surface area contributed by atoms with Gasteiger partial charge < -0.3 is 10.2 Å². The third-order valence-electron chi connectivity index (χ3n) is 4.83. The van der Waals surface area contributed by atoms with Gasteiger partial charge in [0.2, 0.25) is 5.95 Å². The highest BCUT2D eigenvalue weighted by molar-refractivity contribution is 5.87. The molecule has 1 saturated heterocycles. The van der Waals surface area contributed by atoms with Gasteiger partial charge in [0.25, 0.3) is 0 Å². The average Bonchev–Trinajstić information content (AvgIpc) is 2.94. The maximum absolute atomic E-state index is 4.80. The van der Waals surface area contributed by atoms with Crippen molar-refractivity contribution in [2.75, 3.05) is 10.2 Å². The molecule has 2 aromatic heterocycles. The van der Waals surface area contributed by atoms with Crippen molar-refractivity contribution in [2.45, 2.75) is 45.7 Å². The van der Waals surface area contributed by atoms with E-state index in [4.69, 9.17) is 4.98 Å². The van der Waals surface area contributed by atoms with Crippen LogP contribution in [0.4, 0.5) is 17.5 Å². The Hall–Kier alpha value is -2.76. The topological polar surface area (TPSA) is 66.8 Å². The SMILES string of the molecule is Cc1cccc(Nc2ncnc3cnc(N4C(C)CCC4C)nc23)c1. The lowest BCUT2D eigenvalue weighted by Crippen LogP contribution is -2.34. The fourth-order valence-corrected chi connectivity index (χ4v) is 3.51. The summed E-state index contributed by atoms with van der Waals surface area (Å²) >= 11 is 0. The summed E-state index contributed by atoms with van der Waals surface area (Å²) in [4.78, 5) is 20.4. The molecule has 3 heterocycles. The van der Waals surface area contributed by atoms with Crippen LogP contribution in [0, 0.1) is 6.92 Å². The van der Waals surface area contributed by atoms with Crippen molar-refractivity contribution in [2.24, 2.45) is 0 Å². The number of anilines is 3. The zero-order valence-electron chi connectivity index (χ0n) is 14.8. The zero-order valence-corrected chi connectivity index (χ0v) is 14.8. The van der Waals surface area contributed by atoms with Gasteiger partial charge in [-0.05, 0) is 51.3 Å². The standard InChI is InChI=1S/C19H22N6/c1-12-5-4-6-15(9-12)23-18-17-16(21-11-22-18)10-20-19(24-17)25-13(2)7-8-14(25)3/h4-6,9-11,13-14H,7-8H2,1-3H3,(H,21,22,23). The van der Waals surface area contributed by atoms with Crippen LogP contribution in [0.3, 0.4) is 0 Å². The molecule has 1 fully saturated rings. The summed E-state index contributed by atoms with van der Waals surface area (Å²) < 4.78 is 0. The van der Waals surface area contributed by atoms with E-state index in [1.807, 2.05) is 12.1 Å². The number of hydrogen-bond donors (Lipinski definition) is 1. The van der Waals surface area contributed by atoms with Crippen molar-refractivity contribution in [3.8, 4) is 0 Å². The van der Waals surface area contributed by atoms with Crippen molar-refractivity contribution in [3.05, 3.63) is 42.4 Å². The fraction of sp³-hybridized carbons (Fsp3) is 0.368. The molecule has 6 nitrogen and oxygen atoms in total. The lowest BCUT2D eigenvalue weighted by molar-refractivity contribution is 0.672. The maximum Gasteiger partial charge on any atom is 0.226 e. The summed E-state index contributed by atoms with van der Waals surface area (Å²) in [6.07, 6.45) is 5.67. The van der Waals surface area contributed by atoms with Gasteiger partial charge in [-0.1, -0.05) is 12.1 Å². The van der Waals surface area contributed by atoms with Crippen LogP contribution in [0.2, 0.25) is 0 Å². The van der Waals surface area contributed by atoms with E-state index < -0.39 is 0 Å². The Morgan fingerprint density at radius 1 is 1.08 bits per heavy atom. The molecule has 4 rings (SSSR count). The Bertz CT molecular complexity index is 899. The number of nitrogens with one attached hydrogen (secondary N) is 1. The number of nitrogens with zero attached hydrogens (tertiary/aromatic N) is 5. The van der Waals surface area contributed by atoms with Crippen LogP contribution < -0.4 is 10.2 Å². The molecule has 2 unspecified atom stereocenters. The molecule has 1 N–H and O–H groups in total. The van der Waals surface area contributed by atoms with Gasteiger partial charge >= 0.3 is 0 Å². The van der Waals surface area contributed by atoms with Crippen LogP contribution in [0.25, 0.3) is 11.0 Å². The molecule has 1 aromatic carbocycles. The van der Waals surface area contributed by atoms with Gasteiger partial charge in [0.15, 0.2) is 5.82 Å². The highest BCUT2D eigenvalue weighted by Gasteiger charge is 2.29. The highest BCUT2D eigenvalue weighted by Crippen LogP contribution is 2.29. The Morgan fingerprint density at radius 3 is 2.64 bits per heavy atom. The molecule has 0 bridgehead atoms. The van der Waals surface area contributed by atoms with Gasteiger partial charge in [-0.15, -0.1) is 0 Å². The minimum Gasteiger partial charge on any atom is -0.338 e. The fourth-order valence-electron chi connectivity index (χ4n) is 3.51. The quantitative estimate of drug-likeness (QED) is 0.785. The minimum atomic E-state index is 0.449. The Morgan fingerprint density at radius 2 is 1.88 bits per heavy atom. The Kier molecular flexibility index (Phi) is 3.95. The molecule has 0 radical (unpaired) electrons. The van der Waals surface area contributed by atoms with Gasteiger partial charge in [0.05, 0.1) is 6.20 Å². The van der Waals surface area contributed by atoms with Crippen LogP contribution in [0.1, 0.15) is 32.3 Å². The minimum absolute atomic E-state index is 0.449. The largest absolute Gasteiger partial charge is 0.338 e. The first-order valence-corrected chi connectivity index (χ1v) is 8.71. The predicted octanol–water partition coefficient (Wildman–Crippen LogP) is 3.85. The van der Waals surface area contributed by atoms with Crippen molar-refractivity contribution in [3.63, 3.8) is 0 Å². The molecular formula is C19H22N6. The van der Waals surface area contributed by atoms with Crippen molar-refractivity contribution >= 4 is 28.5 Å².